The first-order valence-corrected chi connectivity index (χ1v) is 10.9. The van der Waals surface area contributed by atoms with Crippen LogP contribution in [0.2, 0.25) is 0 Å². The third-order valence-corrected chi connectivity index (χ3v) is 4.91. The second-order valence-electron chi connectivity index (χ2n) is 4.68. The fraction of sp³-hybridized carbons (Fsp3) is 0.278. The molecule has 2 aromatic carbocycles. The second-order valence-corrected chi connectivity index (χ2v) is 8.68. The van der Waals surface area contributed by atoms with Crippen LogP contribution < -0.4 is 0 Å². The largest absolute Gasteiger partial charge is 2.00 e. The van der Waals surface area contributed by atoms with Gasteiger partial charge in [0.05, 0.1) is 0 Å². The van der Waals surface area contributed by atoms with Crippen LogP contribution in [0, 0.1) is 6.08 Å². The summed E-state index contributed by atoms with van der Waals surface area (Å²) in [6.45, 7) is 8.65. The Kier molecular flexibility index (Phi) is 20.2. The summed E-state index contributed by atoms with van der Waals surface area (Å²) in [5, 5.41) is 2.66. The predicted octanol–water partition coefficient (Wildman–Crippen LogP) is 6.47. The zero-order valence-corrected chi connectivity index (χ0v) is 18.6. The molecule has 126 valence electrons. The maximum Gasteiger partial charge on any atom is 2.00 e. The minimum Gasteiger partial charge on any atom is -0.270 e. The van der Waals surface area contributed by atoms with E-state index >= 15 is 0 Å². The van der Waals surface area contributed by atoms with Gasteiger partial charge in [0.25, 0.3) is 0 Å². The van der Waals surface area contributed by atoms with Crippen molar-refractivity contribution in [3.8, 4) is 0 Å². The standard InChI is InChI=1S/C9H7.C7H9.C2H8P2.2FH.Zr/c1-2-5-9-7-3-6-8(9)4-1;1-6-3-4-7(2)5-6;1-3-4-2;;;/h1-7H;5H,3H2,1-2H3;3-4H,1-2H3;2*1H;/q2*-1;;;;+2. The van der Waals surface area contributed by atoms with Crippen LogP contribution in [0.5, 0.6) is 0 Å². The smallest absolute Gasteiger partial charge is 0.270 e. The van der Waals surface area contributed by atoms with Gasteiger partial charge in [-0.1, -0.05) is 19.9 Å². The van der Waals surface area contributed by atoms with Gasteiger partial charge >= 0.3 is 26.2 Å². The van der Waals surface area contributed by atoms with E-state index in [0.29, 0.717) is 0 Å². The van der Waals surface area contributed by atoms with E-state index in [1.807, 2.05) is 0 Å². The van der Waals surface area contributed by atoms with Gasteiger partial charge in [-0.3, -0.25) is 15.5 Å². The molecule has 0 aliphatic heterocycles. The van der Waals surface area contributed by atoms with Gasteiger partial charge in [0.1, 0.15) is 0 Å². The van der Waals surface area contributed by atoms with Gasteiger partial charge < -0.3 is 0 Å². The molecule has 2 aromatic rings. The molecule has 0 aromatic heterocycles. The average molecular weight is 434 g/mol. The Balaban J connectivity index is -0.000000262. The van der Waals surface area contributed by atoms with E-state index in [-0.39, 0.29) is 35.6 Å². The topological polar surface area (TPSA) is 0 Å². The summed E-state index contributed by atoms with van der Waals surface area (Å²) in [4.78, 5) is 0. The molecule has 0 fully saturated rings. The van der Waals surface area contributed by atoms with E-state index in [2.05, 4.69) is 81.8 Å². The molecular weight excluding hydrogens is 407 g/mol. The molecule has 0 amide bonds. The summed E-state index contributed by atoms with van der Waals surface area (Å²) in [5.74, 6) is 0. The predicted molar refractivity (Wildman–Crippen MR) is 104 cm³/mol. The molecule has 3 rings (SSSR count). The van der Waals surface area contributed by atoms with Crippen LogP contribution in [-0.4, -0.2) is 13.3 Å². The zero-order chi connectivity index (χ0) is 14.8. The van der Waals surface area contributed by atoms with Crippen LogP contribution in [0.4, 0.5) is 9.41 Å². The van der Waals surface area contributed by atoms with Crippen LogP contribution in [-0.2, 0) is 26.2 Å². The van der Waals surface area contributed by atoms with Crippen molar-refractivity contribution in [1.29, 1.82) is 0 Å². The van der Waals surface area contributed by atoms with Crippen molar-refractivity contribution in [3.05, 3.63) is 65.8 Å². The summed E-state index contributed by atoms with van der Waals surface area (Å²) >= 11 is 0. The van der Waals surface area contributed by atoms with Crippen molar-refractivity contribution in [2.75, 3.05) is 13.3 Å². The van der Waals surface area contributed by atoms with E-state index in [1.54, 1.807) is 0 Å². The maximum absolute atomic E-state index is 3.19. The number of benzene rings is 1. The Morgan fingerprint density at radius 3 is 2.00 bits per heavy atom. The summed E-state index contributed by atoms with van der Waals surface area (Å²) < 4.78 is 0. The summed E-state index contributed by atoms with van der Waals surface area (Å²) in [7, 11) is 2.34. The number of halogens is 2. The van der Waals surface area contributed by atoms with Gasteiger partial charge in [-0.15, -0.1) is 52.6 Å². The van der Waals surface area contributed by atoms with Crippen LogP contribution >= 0.6 is 16.5 Å². The Hall–Kier alpha value is -0.0869. The van der Waals surface area contributed by atoms with Gasteiger partial charge in [-0.2, -0.15) is 23.1 Å². The Labute approximate surface area is 161 Å². The molecule has 0 nitrogen and oxygen atoms in total. The third-order valence-electron chi connectivity index (χ3n) is 2.91. The summed E-state index contributed by atoms with van der Waals surface area (Å²) in [6.07, 6.45) is 6.41. The molecule has 0 N–H and O–H groups in total. The van der Waals surface area contributed by atoms with Crippen molar-refractivity contribution in [1.82, 2.24) is 0 Å². The number of rotatable bonds is 1. The van der Waals surface area contributed by atoms with E-state index in [9.17, 15) is 0 Å². The van der Waals surface area contributed by atoms with Gasteiger partial charge in [-0.05, 0) is 13.3 Å². The van der Waals surface area contributed by atoms with Gasteiger partial charge in [0.2, 0.25) is 0 Å². The molecule has 23 heavy (non-hydrogen) atoms. The van der Waals surface area contributed by atoms with E-state index in [1.165, 1.54) is 38.5 Å². The van der Waals surface area contributed by atoms with Crippen molar-refractivity contribution in [2.45, 2.75) is 20.3 Å². The molecule has 0 bridgehead atoms. The molecule has 2 unspecified atom stereocenters. The Morgan fingerprint density at radius 1 is 1.00 bits per heavy atom. The van der Waals surface area contributed by atoms with Crippen LogP contribution in [0.25, 0.3) is 10.8 Å². The molecule has 0 radical (unpaired) electrons. The summed E-state index contributed by atoms with van der Waals surface area (Å²) in [5.41, 5.74) is 2.72. The first kappa shape index (κ1) is 27.7. The molecule has 0 spiro atoms. The third kappa shape index (κ3) is 12.0. The first-order chi connectivity index (χ1) is 9.67. The number of hydrogen-bond acceptors (Lipinski definition) is 0. The Morgan fingerprint density at radius 2 is 1.61 bits per heavy atom. The monoisotopic (exact) mass is 432 g/mol. The first-order valence-electron chi connectivity index (χ1n) is 6.86. The van der Waals surface area contributed by atoms with E-state index in [0.717, 1.165) is 6.42 Å². The molecule has 2 atom stereocenters. The molecule has 1 aliphatic carbocycles. The summed E-state index contributed by atoms with van der Waals surface area (Å²) in [6, 6.07) is 14.7. The van der Waals surface area contributed by atoms with Crippen molar-refractivity contribution < 1.29 is 35.6 Å². The van der Waals surface area contributed by atoms with Crippen molar-refractivity contribution >= 4 is 27.3 Å². The molecule has 5 heteroatoms. The number of fused-ring (bicyclic) bond motifs is 1. The number of hydrogen-bond donors (Lipinski definition) is 0. The fourth-order valence-electron chi connectivity index (χ4n) is 1.82. The molecule has 0 heterocycles. The molecule has 1 aliphatic rings. The second kappa shape index (κ2) is 16.8. The minimum absolute atomic E-state index is 0. The van der Waals surface area contributed by atoms with Crippen LogP contribution in [0.15, 0.2) is 59.7 Å². The van der Waals surface area contributed by atoms with Gasteiger partial charge in [0, 0.05) is 0 Å². The molecular formula is C18H26F2P2Zr. The van der Waals surface area contributed by atoms with Gasteiger partial charge in [-0.25, -0.2) is 11.6 Å². The van der Waals surface area contributed by atoms with Crippen LogP contribution in [0.3, 0.4) is 0 Å². The van der Waals surface area contributed by atoms with Crippen molar-refractivity contribution in [2.24, 2.45) is 0 Å². The van der Waals surface area contributed by atoms with Crippen molar-refractivity contribution in [3.63, 3.8) is 0 Å². The van der Waals surface area contributed by atoms with E-state index in [4.69, 9.17) is 0 Å². The zero-order valence-electron chi connectivity index (χ0n) is 14.1. The minimum atomic E-state index is 0. The van der Waals surface area contributed by atoms with Crippen LogP contribution in [0.1, 0.15) is 20.3 Å². The average Bonchev–Trinajstić information content (AvgIpc) is 3.08. The maximum atomic E-state index is 3.19. The number of allylic oxidation sites excluding steroid dienone is 4. The fourth-order valence-corrected chi connectivity index (χ4v) is 1.82. The molecule has 0 saturated heterocycles. The normalized spacial score (nSPS) is 12.2. The van der Waals surface area contributed by atoms with Gasteiger partial charge in [0.15, 0.2) is 0 Å². The Bertz CT molecular complexity index is 545. The van der Waals surface area contributed by atoms with E-state index < -0.39 is 0 Å². The SMILES string of the molecule is CC1=[C-]CC(C)=C1.CPPC.F.F.[Zr+2].c1ccc2[cH-]ccc2c1. The molecule has 0 saturated carbocycles. The quantitative estimate of drug-likeness (QED) is 0.357.